The predicted octanol–water partition coefficient (Wildman–Crippen LogP) is 0.917. The van der Waals surface area contributed by atoms with Crippen LogP contribution >= 0.6 is 0 Å². The van der Waals surface area contributed by atoms with Crippen molar-refractivity contribution in [2.45, 2.75) is 49.8 Å². The molecule has 2 fully saturated rings. The molecule has 0 amide bonds. The Kier molecular flexibility index (Phi) is 1.91. The standard InChI is InChI=1S/C11H17N3O/c12-11(4-5-11)8-6-13-14(7-8)9-2-1-3-10(9)15/h6-7,9-10,15H,1-5,12H2. The van der Waals surface area contributed by atoms with Crippen LogP contribution < -0.4 is 5.73 Å². The van der Waals surface area contributed by atoms with Gasteiger partial charge in [0.15, 0.2) is 0 Å². The first-order valence-corrected chi connectivity index (χ1v) is 5.71. The summed E-state index contributed by atoms with van der Waals surface area (Å²) in [7, 11) is 0. The second-order valence-electron chi connectivity index (χ2n) is 4.93. The molecule has 2 aliphatic rings. The van der Waals surface area contributed by atoms with Crippen LogP contribution in [0.2, 0.25) is 0 Å². The van der Waals surface area contributed by atoms with E-state index in [4.69, 9.17) is 5.73 Å². The molecule has 1 heterocycles. The van der Waals surface area contributed by atoms with E-state index in [1.54, 1.807) is 0 Å². The summed E-state index contributed by atoms with van der Waals surface area (Å²) in [6, 6.07) is 0.168. The molecule has 0 aliphatic heterocycles. The largest absolute Gasteiger partial charge is 0.391 e. The van der Waals surface area contributed by atoms with Crippen molar-refractivity contribution in [1.82, 2.24) is 9.78 Å². The number of aliphatic hydroxyl groups is 1. The first-order chi connectivity index (χ1) is 7.19. The molecule has 15 heavy (non-hydrogen) atoms. The fraction of sp³-hybridized carbons (Fsp3) is 0.727. The molecule has 0 spiro atoms. The molecule has 2 aliphatic carbocycles. The zero-order valence-corrected chi connectivity index (χ0v) is 8.76. The van der Waals surface area contributed by atoms with Gasteiger partial charge in [0, 0.05) is 17.3 Å². The van der Waals surface area contributed by atoms with Crippen molar-refractivity contribution in [3.63, 3.8) is 0 Å². The van der Waals surface area contributed by atoms with Crippen LogP contribution in [0.4, 0.5) is 0 Å². The smallest absolute Gasteiger partial charge is 0.0778 e. The molecule has 3 rings (SSSR count). The molecule has 4 nitrogen and oxygen atoms in total. The van der Waals surface area contributed by atoms with Crippen LogP contribution in [0.3, 0.4) is 0 Å². The van der Waals surface area contributed by atoms with E-state index in [0.29, 0.717) is 0 Å². The maximum Gasteiger partial charge on any atom is 0.0778 e. The third-order valence-electron chi connectivity index (χ3n) is 3.75. The summed E-state index contributed by atoms with van der Waals surface area (Å²) in [5.74, 6) is 0. The number of hydrogen-bond acceptors (Lipinski definition) is 3. The van der Waals surface area contributed by atoms with Crippen LogP contribution in [0, 0.1) is 0 Å². The van der Waals surface area contributed by atoms with Gasteiger partial charge >= 0.3 is 0 Å². The second kappa shape index (κ2) is 3.06. The van der Waals surface area contributed by atoms with Crippen molar-refractivity contribution >= 4 is 0 Å². The third-order valence-corrected chi connectivity index (χ3v) is 3.75. The Hall–Kier alpha value is -0.870. The van der Waals surface area contributed by atoms with E-state index < -0.39 is 0 Å². The minimum absolute atomic E-state index is 0.109. The highest BCUT2D eigenvalue weighted by molar-refractivity contribution is 5.24. The van der Waals surface area contributed by atoms with E-state index in [-0.39, 0.29) is 17.7 Å². The number of nitrogens with two attached hydrogens (primary N) is 1. The Balaban J connectivity index is 1.84. The lowest BCUT2D eigenvalue weighted by Crippen LogP contribution is -2.20. The topological polar surface area (TPSA) is 64.1 Å². The van der Waals surface area contributed by atoms with Crippen LogP contribution in [0.1, 0.15) is 43.7 Å². The lowest BCUT2D eigenvalue weighted by atomic mass is 10.1. The van der Waals surface area contributed by atoms with Gasteiger partial charge in [0.05, 0.1) is 18.3 Å². The van der Waals surface area contributed by atoms with Crippen molar-refractivity contribution in [3.05, 3.63) is 18.0 Å². The van der Waals surface area contributed by atoms with Gasteiger partial charge < -0.3 is 10.8 Å². The number of aromatic nitrogens is 2. The monoisotopic (exact) mass is 207 g/mol. The summed E-state index contributed by atoms with van der Waals surface area (Å²) in [4.78, 5) is 0. The van der Waals surface area contributed by atoms with Crippen LogP contribution in [0.25, 0.3) is 0 Å². The van der Waals surface area contributed by atoms with Gasteiger partial charge in [0.2, 0.25) is 0 Å². The van der Waals surface area contributed by atoms with Gasteiger partial charge in [0.1, 0.15) is 0 Å². The highest BCUT2D eigenvalue weighted by atomic mass is 16.3. The first-order valence-electron chi connectivity index (χ1n) is 5.71. The first kappa shape index (κ1) is 9.36. The molecule has 2 unspecified atom stereocenters. The van der Waals surface area contributed by atoms with Crippen molar-refractivity contribution in [1.29, 1.82) is 0 Å². The van der Waals surface area contributed by atoms with Gasteiger partial charge in [-0.1, -0.05) is 0 Å². The second-order valence-corrected chi connectivity index (χ2v) is 4.93. The fourth-order valence-corrected chi connectivity index (χ4v) is 2.43. The zero-order valence-electron chi connectivity index (χ0n) is 8.76. The quantitative estimate of drug-likeness (QED) is 0.758. The molecule has 1 aromatic heterocycles. The third kappa shape index (κ3) is 1.48. The lowest BCUT2D eigenvalue weighted by Gasteiger charge is -2.14. The average molecular weight is 207 g/mol. The number of rotatable bonds is 2. The minimum Gasteiger partial charge on any atom is -0.391 e. The van der Waals surface area contributed by atoms with Crippen LogP contribution in [0.5, 0.6) is 0 Å². The number of nitrogens with zero attached hydrogens (tertiary/aromatic N) is 2. The zero-order chi connectivity index (χ0) is 10.5. The molecule has 82 valence electrons. The molecule has 0 aromatic carbocycles. The van der Waals surface area contributed by atoms with Gasteiger partial charge in [-0.15, -0.1) is 0 Å². The Morgan fingerprint density at radius 2 is 2.27 bits per heavy atom. The van der Waals surface area contributed by atoms with Gasteiger partial charge in [-0.3, -0.25) is 4.68 Å². The summed E-state index contributed by atoms with van der Waals surface area (Å²) in [5.41, 5.74) is 7.12. The van der Waals surface area contributed by atoms with E-state index in [1.165, 1.54) is 0 Å². The molecule has 0 radical (unpaired) electrons. The van der Waals surface area contributed by atoms with Gasteiger partial charge in [0.25, 0.3) is 0 Å². The molecule has 2 saturated carbocycles. The molecule has 0 bridgehead atoms. The molecular weight excluding hydrogens is 190 g/mol. The van der Waals surface area contributed by atoms with Crippen LogP contribution in [0.15, 0.2) is 12.4 Å². The number of aliphatic hydroxyl groups excluding tert-OH is 1. The van der Waals surface area contributed by atoms with E-state index >= 15 is 0 Å². The molecule has 4 heteroatoms. The average Bonchev–Trinajstić information content (AvgIpc) is 2.70. The molecular formula is C11H17N3O. The summed E-state index contributed by atoms with van der Waals surface area (Å²) in [6.45, 7) is 0. The SMILES string of the molecule is NC1(c2cnn(C3CCCC3O)c2)CC1. The highest BCUT2D eigenvalue weighted by Gasteiger charge is 2.41. The normalized spacial score (nSPS) is 33.2. The van der Waals surface area contributed by atoms with E-state index in [9.17, 15) is 5.11 Å². The lowest BCUT2D eigenvalue weighted by molar-refractivity contribution is 0.130. The maximum absolute atomic E-state index is 9.78. The Bertz CT molecular complexity index is 370. The van der Waals surface area contributed by atoms with E-state index in [0.717, 1.165) is 37.7 Å². The highest BCUT2D eigenvalue weighted by Crippen LogP contribution is 2.43. The van der Waals surface area contributed by atoms with Crippen molar-refractivity contribution in [3.8, 4) is 0 Å². The summed E-state index contributed by atoms with van der Waals surface area (Å²) >= 11 is 0. The van der Waals surface area contributed by atoms with Crippen molar-refractivity contribution in [2.24, 2.45) is 5.73 Å². The van der Waals surface area contributed by atoms with Crippen molar-refractivity contribution < 1.29 is 5.11 Å². The minimum atomic E-state index is -0.231. The van der Waals surface area contributed by atoms with E-state index in [2.05, 4.69) is 5.10 Å². The summed E-state index contributed by atoms with van der Waals surface area (Å²) in [6.07, 6.45) is 8.79. The van der Waals surface area contributed by atoms with Gasteiger partial charge in [-0.2, -0.15) is 5.10 Å². The van der Waals surface area contributed by atoms with Crippen LogP contribution in [-0.4, -0.2) is 21.0 Å². The molecule has 3 N–H and O–H groups in total. The van der Waals surface area contributed by atoms with Crippen molar-refractivity contribution in [2.75, 3.05) is 0 Å². The van der Waals surface area contributed by atoms with Gasteiger partial charge in [-0.25, -0.2) is 0 Å². The molecule has 0 saturated heterocycles. The Labute approximate surface area is 89.1 Å². The number of hydrogen-bond donors (Lipinski definition) is 2. The van der Waals surface area contributed by atoms with E-state index in [1.807, 2.05) is 17.1 Å². The van der Waals surface area contributed by atoms with Crippen LogP contribution in [-0.2, 0) is 5.54 Å². The van der Waals surface area contributed by atoms with Gasteiger partial charge in [-0.05, 0) is 32.1 Å². The summed E-state index contributed by atoms with van der Waals surface area (Å²) < 4.78 is 1.90. The fourth-order valence-electron chi connectivity index (χ4n) is 2.43. The summed E-state index contributed by atoms with van der Waals surface area (Å²) in [5, 5.41) is 14.1. The predicted molar refractivity (Wildman–Crippen MR) is 56.2 cm³/mol. The Morgan fingerprint density at radius 1 is 1.47 bits per heavy atom. The Morgan fingerprint density at radius 3 is 2.87 bits per heavy atom. The maximum atomic E-state index is 9.78. The molecule has 1 aromatic rings. The molecule has 2 atom stereocenters.